The second kappa shape index (κ2) is 7.93. The topological polar surface area (TPSA) is 94.4 Å². The number of phenolic OH excluding ortho intramolecular Hbond substituents is 1. The lowest BCUT2D eigenvalue weighted by atomic mass is 10.1. The molecule has 134 valence electrons. The number of nitrogens with zero attached hydrogens (tertiary/aromatic N) is 1. The van der Waals surface area contributed by atoms with Gasteiger partial charge in [-0.1, -0.05) is 24.3 Å². The van der Waals surface area contributed by atoms with Crippen molar-refractivity contribution in [3.63, 3.8) is 0 Å². The molecule has 0 heterocycles. The number of carbonyl (C=O) groups is 1. The third kappa shape index (κ3) is 3.99. The number of anilines is 2. The lowest BCUT2D eigenvalue weighted by Gasteiger charge is -2.09. The van der Waals surface area contributed by atoms with Crippen LogP contribution >= 0.6 is 0 Å². The van der Waals surface area contributed by atoms with Crippen LogP contribution in [0.3, 0.4) is 0 Å². The number of rotatable bonds is 5. The van der Waals surface area contributed by atoms with Gasteiger partial charge in [0.15, 0.2) is 0 Å². The third-order valence-electron chi connectivity index (χ3n) is 3.99. The molecule has 0 fully saturated rings. The molecule has 1 amide bonds. The monoisotopic (exact) mass is 359 g/mol. The highest BCUT2D eigenvalue weighted by atomic mass is 16.5. The number of fused-ring (bicyclic) bond motifs is 1. The zero-order valence-corrected chi connectivity index (χ0v) is 14.6. The van der Waals surface area contributed by atoms with Gasteiger partial charge in [-0.05, 0) is 36.4 Å². The fourth-order valence-corrected chi connectivity index (χ4v) is 2.58. The van der Waals surface area contributed by atoms with E-state index < -0.39 is 5.91 Å². The molecular weight excluding hydrogens is 342 g/mol. The maximum Gasteiger partial charge on any atom is 0.267 e. The minimum Gasteiger partial charge on any atom is -0.507 e. The summed E-state index contributed by atoms with van der Waals surface area (Å²) in [6.45, 7) is 0. The Hall–Kier alpha value is -3.98. The van der Waals surface area contributed by atoms with E-state index in [-0.39, 0.29) is 11.3 Å². The van der Waals surface area contributed by atoms with Crippen LogP contribution in [0.2, 0.25) is 0 Å². The molecule has 0 saturated heterocycles. The predicted molar refractivity (Wildman–Crippen MR) is 105 cm³/mol. The largest absolute Gasteiger partial charge is 0.507 e. The average molecular weight is 359 g/mol. The lowest BCUT2D eigenvalue weighted by Crippen LogP contribution is -2.14. The fourth-order valence-electron chi connectivity index (χ4n) is 2.58. The molecule has 0 aliphatic carbocycles. The fraction of sp³-hybridized carbons (Fsp3) is 0.0476. The van der Waals surface area contributed by atoms with Gasteiger partial charge in [-0.2, -0.15) is 5.26 Å². The van der Waals surface area contributed by atoms with E-state index in [9.17, 15) is 15.2 Å². The van der Waals surface area contributed by atoms with Crippen molar-refractivity contribution < 1.29 is 14.6 Å². The Bertz CT molecular complexity index is 1050. The number of carbonyl (C=O) groups excluding carboxylic acids is 1. The molecule has 0 aliphatic heterocycles. The molecule has 3 aromatic carbocycles. The Morgan fingerprint density at radius 2 is 1.78 bits per heavy atom. The maximum absolute atomic E-state index is 12.5. The first-order valence-corrected chi connectivity index (χ1v) is 8.15. The van der Waals surface area contributed by atoms with Crippen LogP contribution in [0.1, 0.15) is 0 Å². The van der Waals surface area contributed by atoms with E-state index in [0.29, 0.717) is 27.9 Å². The van der Waals surface area contributed by atoms with Crippen LogP contribution < -0.4 is 15.4 Å². The number of methoxy groups -OCH3 is 1. The standard InChI is InChI=1S/C21H17N3O3/c1-27-16-10-8-15(9-11-16)23-13-14(12-22)21(26)24-19-6-2-5-18-17(19)4-3-7-20(18)25/h2-11,13,23,25H,1H3,(H,24,26)/b14-13-. The first-order chi connectivity index (χ1) is 13.1. The van der Waals surface area contributed by atoms with Crippen molar-refractivity contribution >= 4 is 28.1 Å². The van der Waals surface area contributed by atoms with Gasteiger partial charge in [0.05, 0.1) is 7.11 Å². The summed E-state index contributed by atoms with van der Waals surface area (Å²) in [7, 11) is 1.58. The Morgan fingerprint density at radius 1 is 1.07 bits per heavy atom. The summed E-state index contributed by atoms with van der Waals surface area (Å²) in [4.78, 5) is 12.5. The van der Waals surface area contributed by atoms with Gasteiger partial charge in [0, 0.05) is 28.3 Å². The van der Waals surface area contributed by atoms with Crippen molar-refractivity contribution in [1.82, 2.24) is 0 Å². The molecule has 0 radical (unpaired) electrons. The van der Waals surface area contributed by atoms with Crippen LogP contribution in [0, 0.1) is 11.3 Å². The summed E-state index contributed by atoms with van der Waals surface area (Å²) in [5.41, 5.74) is 1.15. The molecule has 0 spiro atoms. The molecule has 6 nitrogen and oxygen atoms in total. The van der Waals surface area contributed by atoms with Crippen molar-refractivity contribution in [2.75, 3.05) is 17.7 Å². The SMILES string of the molecule is COc1ccc(N/C=C(/C#N)C(=O)Nc2cccc3c(O)cccc23)cc1. The van der Waals surface area contributed by atoms with Gasteiger partial charge in [-0.3, -0.25) is 4.79 Å². The zero-order chi connectivity index (χ0) is 19.2. The van der Waals surface area contributed by atoms with Crippen LogP contribution in [0.15, 0.2) is 72.4 Å². The Kier molecular flexibility index (Phi) is 5.24. The maximum atomic E-state index is 12.5. The summed E-state index contributed by atoms with van der Waals surface area (Å²) in [5.74, 6) is 0.289. The highest BCUT2D eigenvalue weighted by Gasteiger charge is 2.12. The summed E-state index contributed by atoms with van der Waals surface area (Å²) in [6, 6.07) is 19.2. The molecule has 3 rings (SSSR count). The number of hydrogen-bond donors (Lipinski definition) is 3. The number of aromatic hydroxyl groups is 1. The summed E-state index contributed by atoms with van der Waals surface area (Å²) in [5, 5.41) is 26.2. The molecule has 0 saturated carbocycles. The minimum atomic E-state index is -0.547. The molecule has 3 N–H and O–H groups in total. The van der Waals surface area contributed by atoms with E-state index >= 15 is 0 Å². The highest BCUT2D eigenvalue weighted by Crippen LogP contribution is 2.30. The van der Waals surface area contributed by atoms with E-state index in [4.69, 9.17) is 4.74 Å². The molecule has 0 atom stereocenters. The lowest BCUT2D eigenvalue weighted by molar-refractivity contribution is -0.112. The molecule has 0 aliphatic rings. The quantitative estimate of drug-likeness (QED) is 0.473. The first kappa shape index (κ1) is 17.8. The van der Waals surface area contributed by atoms with E-state index in [0.717, 1.165) is 0 Å². The van der Waals surface area contributed by atoms with Gasteiger partial charge >= 0.3 is 0 Å². The molecule has 0 bridgehead atoms. The van der Waals surface area contributed by atoms with E-state index in [1.165, 1.54) is 6.20 Å². The summed E-state index contributed by atoms with van der Waals surface area (Å²) in [6.07, 6.45) is 1.35. The van der Waals surface area contributed by atoms with Gasteiger partial charge in [-0.15, -0.1) is 0 Å². The molecule has 0 unspecified atom stereocenters. The number of nitrogens with one attached hydrogen (secondary N) is 2. The van der Waals surface area contributed by atoms with Crippen molar-refractivity contribution in [2.24, 2.45) is 0 Å². The number of amides is 1. The molecule has 27 heavy (non-hydrogen) atoms. The van der Waals surface area contributed by atoms with Crippen LogP contribution in [0.5, 0.6) is 11.5 Å². The summed E-state index contributed by atoms with van der Waals surface area (Å²) < 4.78 is 5.09. The molecular formula is C21H17N3O3. The van der Waals surface area contributed by atoms with Crippen LogP contribution in [-0.2, 0) is 4.79 Å². The minimum absolute atomic E-state index is 0.0806. The zero-order valence-electron chi connectivity index (χ0n) is 14.6. The van der Waals surface area contributed by atoms with E-state index in [2.05, 4.69) is 10.6 Å². The van der Waals surface area contributed by atoms with E-state index in [1.807, 2.05) is 6.07 Å². The smallest absolute Gasteiger partial charge is 0.267 e. The Morgan fingerprint density at radius 3 is 2.48 bits per heavy atom. The first-order valence-electron chi connectivity index (χ1n) is 8.15. The van der Waals surface area contributed by atoms with Gasteiger partial charge in [0.2, 0.25) is 0 Å². The predicted octanol–water partition coefficient (Wildman–Crippen LogP) is 4.01. The normalized spacial score (nSPS) is 10.9. The average Bonchev–Trinajstić information content (AvgIpc) is 2.70. The van der Waals surface area contributed by atoms with Crippen LogP contribution in [0.25, 0.3) is 10.8 Å². The number of ether oxygens (including phenoxy) is 1. The number of hydrogen-bond acceptors (Lipinski definition) is 5. The van der Waals surface area contributed by atoms with Crippen molar-refractivity contribution in [3.8, 4) is 17.6 Å². The van der Waals surface area contributed by atoms with Crippen molar-refractivity contribution in [2.45, 2.75) is 0 Å². The molecule has 3 aromatic rings. The highest BCUT2D eigenvalue weighted by molar-refractivity contribution is 6.11. The molecule has 0 aromatic heterocycles. The van der Waals surface area contributed by atoms with E-state index in [1.54, 1.807) is 67.8 Å². The van der Waals surface area contributed by atoms with Gasteiger partial charge in [0.1, 0.15) is 23.1 Å². The van der Waals surface area contributed by atoms with Gasteiger partial charge < -0.3 is 20.5 Å². The van der Waals surface area contributed by atoms with Gasteiger partial charge in [-0.25, -0.2) is 0 Å². The van der Waals surface area contributed by atoms with Crippen LogP contribution in [0.4, 0.5) is 11.4 Å². The number of benzene rings is 3. The molecule has 6 heteroatoms. The van der Waals surface area contributed by atoms with Gasteiger partial charge in [0.25, 0.3) is 5.91 Å². The number of phenols is 1. The van der Waals surface area contributed by atoms with Crippen molar-refractivity contribution in [3.05, 3.63) is 72.4 Å². The number of nitriles is 1. The van der Waals surface area contributed by atoms with Crippen LogP contribution in [-0.4, -0.2) is 18.1 Å². The third-order valence-corrected chi connectivity index (χ3v) is 3.99. The van der Waals surface area contributed by atoms with Crippen molar-refractivity contribution in [1.29, 1.82) is 5.26 Å². The second-order valence-electron chi connectivity index (χ2n) is 5.67. The summed E-state index contributed by atoms with van der Waals surface area (Å²) >= 11 is 0. The second-order valence-corrected chi connectivity index (χ2v) is 5.67. The Balaban J connectivity index is 1.79. The Labute approximate surface area is 156 Å².